The molecule has 13 heavy (non-hydrogen) atoms. The van der Waals surface area contributed by atoms with E-state index in [1.165, 1.54) is 15.7 Å². The fraction of sp³-hybridized carbons (Fsp3) is 0.100. The molecule has 0 aliphatic carbocycles. The fourth-order valence-electron chi connectivity index (χ4n) is 1.22. The van der Waals surface area contributed by atoms with Crippen molar-refractivity contribution in [2.45, 2.75) is 6.92 Å². The molecule has 0 N–H and O–H groups in total. The van der Waals surface area contributed by atoms with Gasteiger partial charge in [0.2, 0.25) is 0 Å². The molecule has 1 aromatic carbocycles. The summed E-state index contributed by atoms with van der Waals surface area (Å²) in [4.78, 5) is 5.60. The van der Waals surface area contributed by atoms with Crippen LogP contribution in [0.4, 0.5) is 0 Å². The van der Waals surface area contributed by atoms with Crippen molar-refractivity contribution in [3.63, 3.8) is 0 Å². The second-order valence-electron chi connectivity index (χ2n) is 2.88. The highest BCUT2D eigenvalue weighted by Crippen LogP contribution is 2.23. The van der Waals surface area contributed by atoms with Crippen LogP contribution in [0.2, 0.25) is 0 Å². The molecular formula is C10H10NPS. The maximum atomic E-state index is 4.33. The first-order chi connectivity index (χ1) is 6.27. The zero-order valence-corrected chi connectivity index (χ0v) is 9.29. The van der Waals surface area contributed by atoms with Gasteiger partial charge in [-0.05, 0) is 12.2 Å². The van der Waals surface area contributed by atoms with Crippen molar-refractivity contribution in [2.75, 3.05) is 0 Å². The molecule has 0 radical (unpaired) electrons. The largest absolute Gasteiger partial charge is 0.244 e. The summed E-state index contributed by atoms with van der Waals surface area (Å²) < 4.78 is 0. The van der Waals surface area contributed by atoms with Gasteiger partial charge in [0, 0.05) is 10.4 Å². The van der Waals surface area contributed by atoms with Crippen molar-refractivity contribution >= 4 is 25.9 Å². The van der Waals surface area contributed by atoms with Crippen molar-refractivity contribution in [2.24, 2.45) is 0 Å². The Bertz CT molecular complexity index is 405. The average Bonchev–Trinajstić information content (AvgIpc) is 2.53. The molecule has 0 saturated carbocycles. The minimum absolute atomic E-state index is 1.11. The molecule has 1 atom stereocenters. The maximum absolute atomic E-state index is 4.33. The zero-order valence-electron chi connectivity index (χ0n) is 7.32. The minimum Gasteiger partial charge on any atom is -0.244 e. The molecule has 1 aromatic heterocycles. The summed E-state index contributed by atoms with van der Waals surface area (Å²) in [6.45, 7) is 2.10. The van der Waals surface area contributed by atoms with Gasteiger partial charge < -0.3 is 0 Å². The van der Waals surface area contributed by atoms with Crippen LogP contribution in [0.1, 0.15) is 4.88 Å². The Morgan fingerprint density at radius 2 is 1.92 bits per heavy atom. The van der Waals surface area contributed by atoms with Crippen molar-refractivity contribution in [3.05, 3.63) is 34.7 Å². The predicted molar refractivity (Wildman–Crippen MR) is 61.6 cm³/mol. The normalized spacial score (nSPS) is 10.3. The molecule has 0 aliphatic heterocycles. The third kappa shape index (κ3) is 1.79. The Labute approximate surface area is 84.0 Å². The highest BCUT2D eigenvalue weighted by molar-refractivity contribution is 7.27. The van der Waals surface area contributed by atoms with Crippen molar-refractivity contribution < 1.29 is 0 Å². The van der Waals surface area contributed by atoms with E-state index in [0.717, 1.165) is 5.69 Å². The van der Waals surface area contributed by atoms with Crippen molar-refractivity contribution in [1.82, 2.24) is 4.98 Å². The van der Waals surface area contributed by atoms with E-state index in [0.29, 0.717) is 0 Å². The molecule has 3 heteroatoms. The number of aryl methyl sites for hydroxylation is 1. The first-order valence-electron chi connectivity index (χ1n) is 4.03. The molecular weight excluding hydrogens is 197 g/mol. The number of thiazole rings is 1. The Morgan fingerprint density at radius 1 is 1.23 bits per heavy atom. The van der Waals surface area contributed by atoms with Gasteiger partial charge in [-0.25, -0.2) is 4.98 Å². The molecule has 0 spiro atoms. The summed E-state index contributed by atoms with van der Waals surface area (Å²) >= 11 is 1.69. The molecule has 0 saturated heterocycles. The molecule has 66 valence electrons. The molecule has 0 aliphatic rings. The lowest BCUT2D eigenvalue weighted by molar-refractivity contribution is 1.38. The molecule has 0 fully saturated rings. The average molecular weight is 207 g/mol. The molecule has 2 aromatic rings. The summed E-state index contributed by atoms with van der Waals surface area (Å²) in [5.74, 6) is 0. The number of aromatic nitrogens is 1. The Kier molecular flexibility index (Phi) is 2.43. The third-order valence-electron chi connectivity index (χ3n) is 1.93. The van der Waals surface area contributed by atoms with Crippen LogP contribution in [-0.2, 0) is 0 Å². The van der Waals surface area contributed by atoms with Gasteiger partial charge >= 0.3 is 0 Å². The van der Waals surface area contributed by atoms with Gasteiger partial charge in [0.25, 0.3) is 0 Å². The lowest BCUT2D eigenvalue weighted by Gasteiger charge is -1.98. The summed E-state index contributed by atoms with van der Waals surface area (Å²) in [6.07, 6.45) is 0. The van der Waals surface area contributed by atoms with Gasteiger partial charge in [-0.15, -0.1) is 20.6 Å². The van der Waals surface area contributed by atoms with E-state index in [2.05, 4.69) is 45.4 Å². The quantitative estimate of drug-likeness (QED) is 0.655. The SMILES string of the molecule is Cc1scnc1-c1ccc(P)cc1. The van der Waals surface area contributed by atoms with E-state index < -0.39 is 0 Å². The highest BCUT2D eigenvalue weighted by Gasteiger charge is 2.03. The van der Waals surface area contributed by atoms with Crippen molar-refractivity contribution in [1.29, 1.82) is 0 Å². The first-order valence-corrected chi connectivity index (χ1v) is 5.49. The lowest BCUT2D eigenvalue weighted by Crippen LogP contribution is -1.88. The number of rotatable bonds is 1. The number of hydrogen-bond donors (Lipinski definition) is 0. The molecule has 0 bridgehead atoms. The second-order valence-corrected chi connectivity index (χ2v) is 4.60. The van der Waals surface area contributed by atoms with E-state index in [1.54, 1.807) is 11.3 Å². The molecule has 1 heterocycles. The minimum atomic E-state index is 1.11. The first kappa shape index (κ1) is 8.86. The molecule has 1 nitrogen and oxygen atoms in total. The van der Waals surface area contributed by atoms with Crippen LogP contribution in [-0.4, -0.2) is 4.98 Å². The Hall–Kier alpha value is -0.720. The van der Waals surface area contributed by atoms with E-state index in [9.17, 15) is 0 Å². The van der Waals surface area contributed by atoms with Crippen LogP contribution in [0.25, 0.3) is 11.3 Å². The van der Waals surface area contributed by atoms with E-state index in [1.807, 2.05) is 5.51 Å². The number of benzene rings is 1. The second kappa shape index (κ2) is 3.57. The van der Waals surface area contributed by atoms with Crippen LogP contribution in [0.15, 0.2) is 29.8 Å². The standard InChI is InChI=1S/C10H10NPS/c1-7-10(11-6-13-7)8-2-4-9(12)5-3-8/h2-6H,12H2,1H3. The van der Waals surface area contributed by atoms with Crippen molar-refractivity contribution in [3.8, 4) is 11.3 Å². The summed E-state index contributed by atoms with van der Waals surface area (Å²) in [7, 11) is 2.68. The summed E-state index contributed by atoms with van der Waals surface area (Å²) in [5.41, 5.74) is 4.19. The van der Waals surface area contributed by atoms with Gasteiger partial charge in [-0.1, -0.05) is 24.3 Å². The van der Waals surface area contributed by atoms with E-state index >= 15 is 0 Å². The van der Waals surface area contributed by atoms with Crippen LogP contribution in [0.5, 0.6) is 0 Å². The van der Waals surface area contributed by atoms with Crippen LogP contribution < -0.4 is 5.30 Å². The number of hydrogen-bond acceptors (Lipinski definition) is 2. The van der Waals surface area contributed by atoms with Gasteiger partial charge in [-0.3, -0.25) is 0 Å². The van der Waals surface area contributed by atoms with E-state index in [4.69, 9.17) is 0 Å². The Morgan fingerprint density at radius 3 is 2.46 bits per heavy atom. The molecule has 0 amide bonds. The van der Waals surface area contributed by atoms with Gasteiger partial charge in [0.1, 0.15) is 0 Å². The predicted octanol–water partition coefficient (Wildman–Crippen LogP) is 2.62. The smallest absolute Gasteiger partial charge is 0.0840 e. The van der Waals surface area contributed by atoms with Crippen LogP contribution >= 0.6 is 20.6 Å². The summed E-state index contributed by atoms with van der Waals surface area (Å²) in [6, 6.07) is 8.37. The monoisotopic (exact) mass is 207 g/mol. The molecule has 1 unspecified atom stereocenters. The van der Waals surface area contributed by atoms with Gasteiger partial charge in [0.15, 0.2) is 0 Å². The topological polar surface area (TPSA) is 12.9 Å². The fourth-order valence-corrected chi connectivity index (χ4v) is 2.01. The van der Waals surface area contributed by atoms with Gasteiger partial charge in [-0.2, -0.15) is 0 Å². The summed E-state index contributed by atoms with van der Waals surface area (Å²) in [5, 5.41) is 1.21. The Balaban J connectivity index is 2.47. The van der Waals surface area contributed by atoms with E-state index in [-0.39, 0.29) is 0 Å². The zero-order chi connectivity index (χ0) is 9.26. The number of nitrogens with zero attached hydrogens (tertiary/aromatic N) is 1. The van der Waals surface area contributed by atoms with Crippen LogP contribution in [0, 0.1) is 6.92 Å². The molecule has 2 rings (SSSR count). The highest BCUT2D eigenvalue weighted by atomic mass is 32.1. The third-order valence-corrected chi connectivity index (χ3v) is 3.07. The van der Waals surface area contributed by atoms with Gasteiger partial charge in [0.05, 0.1) is 11.2 Å². The lowest BCUT2D eigenvalue weighted by atomic mass is 10.1. The maximum Gasteiger partial charge on any atom is 0.0840 e. The van der Waals surface area contributed by atoms with Crippen LogP contribution in [0.3, 0.4) is 0 Å².